The molecule has 3 aromatic rings. The van der Waals surface area contributed by atoms with Crippen LogP contribution < -0.4 is 5.32 Å². The van der Waals surface area contributed by atoms with E-state index in [2.05, 4.69) is 74.4 Å². The number of hydrogen-bond donors (Lipinski definition) is 1. The number of aryl methyl sites for hydroxylation is 1. The summed E-state index contributed by atoms with van der Waals surface area (Å²) < 4.78 is 0. The van der Waals surface area contributed by atoms with Gasteiger partial charge in [0.25, 0.3) is 0 Å². The maximum Gasteiger partial charge on any atom is 0.162 e. The molecule has 1 aliphatic heterocycles. The first-order valence-electron chi connectivity index (χ1n) is 11.8. The molecule has 33 heavy (non-hydrogen) atoms. The molecule has 2 aliphatic rings. The number of nitrogens with one attached hydrogen (secondary N) is 1. The predicted molar refractivity (Wildman–Crippen MR) is 133 cm³/mol. The third-order valence-electron chi connectivity index (χ3n) is 7.49. The lowest BCUT2D eigenvalue weighted by Crippen LogP contribution is -2.43. The molecule has 0 fully saturated rings. The fourth-order valence-corrected chi connectivity index (χ4v) is 5.83. The van der Waals surface area contributed by atoms with Gasteiger partial charge >= 0.3 is 0 Å². The van der Waals surface area contributed by atoms with Crippen LogP contribution in [0.2, 0.25) is 0 Å². The van der Waals surface area contributed by atoms with Gasteiger partial charge in [-0.25, -0.2) is 4.98 Å². The lowest BCUT2D eigenvalue weighted by atomic mass is 9.59. The van der Waals surface area contributed by atoms with Gasteiger partial charge in [0.1, 0.15) is 5.82 Å². The van der Waals surface area contributed by atoms with Gasteiger partial charge in [-0.2, -0.15) is 0 Å². The normalized spacial score (nSPS) is 21.3. The van der Waals surface area contributed by atoms with Crippen molar-refractivity contribution in [1.29, 1.82) is 0 Å². The molecule has 1 aliphatic carbocycles. The van der Waals surface area contributed by atoms with Crippen molar-refractivity contribution in [2.75, 3.05) is 5.32 Å². The molecule has 0 amide bonds. The molecule has 0 radical (unpaired) electrons. The molecule has 3 heterocycles. The molecule has 5 rings (SSSR count). The lowest BCUT2D eigenvalue weighted by molar-refractivity contribution is -0.118. The number of pyridine rings is 2. The van der Waals surface area contributed by atoms with Crippen molar-refractivity contribution in [3.63, 3.8) is 0 Å². The number of nitrogens with zero attached hydrogens (tertiary/aromatic N) is 2. The number of ketones is 1. The molecule has 168 valence electrons. The topological polar surface area (TPSA) is 54.9 Å². The standard InChI is InChI=1S/C29H31N3O/c1-6-29(21-10-7-9-20(15-21)22-12-14-30-19(3)18(22)2)23-11-8-13-31-27(23)32-24-16-28(4,5)17-25(33)26(24)29/h7-15H,6,16-17H2,1-5H3,(H,31,32)/t29-/m0/s1. The number of anilines is 1. The molecule has 1 N–H and O–H groups in total. The largest absolute Gasteiger partial charge is 0.343 e. The van der Waals surface area contributed by atoms with Gasteiger partial charge in [-0.3, -0.25) is 9.78 Å². The number of benzene rings is 1. The summed E-state index contributed by atoms with van der Waals surface area (Å²) in [6, 6.07) is 14.9. The number of hydrogen-bond acceptors (Lipinski definition) is 4. The summed E-state index contributed by atoms with van der Waals surface area (Å²) in [6.45, 7) is 10.7. The van der Waals surface area contributed by atoms with Crippen LogP contribution in [-0.4, -0.2) is 15.8 Å². The molecule has 0 spiro atoms. The van der Waals surface area contributed by atoms with Gasteiger partial charge in [0, 0.05) is 41.3 Å². The van der Waals surface area contributed by atoms with Crippen LogP contribution in [0, 0.1) is 19.3 Å². The zero-order chi connectivity index (χ0) is 23.4. The number of aromatic nitrogens is 2. The zero-order valence-corrected chi connectivity index (χ0v) is 20.1. The minimum absolute atomic E-state index is 0.0673. The first kappa shape index (κ1) is 21.6. The monoisotopic (exact) mass is 437 g/mol. The highest BCUT2D eigenvalue weighted by molar-refractivity contribution is 6.03. The maximum atomic E-state index is 13.7. The summed E-state index contributed by atoms with van der Waals surface area (Å²) in [7, 11) is 0. The van der Waals surface area contributed by atoms with Gasteiger partial charge in [-0.1, -0.05) is 45.0 Å². The number of carbonyl (C=O) groups is 1. The third kappa shape index (κ3) is 3.31. The molecule has 0 unspecified atom stereocenters. The van der Waals surface area contributed by atoms with E-state index in [4.69, 9.17) is 4.98 Å². The van der Waals surface area contributed by atoms with Crippen LogP contribution in [-0.2, 0) is 10.2 Å². The average molecular weight is 438 g/mol. The van der Waals surface area contributed by atoms with Crippen LogP contribution >= 0.6 is 0 Å². The Morgan fingerprint density at radius 2 is 1.82 bits per heavy atom. The van der Waals surface area contributed by atoms with Crippen LogP contribution in [0.25, 0.3) is 11.1 Å². The zero-order valence-electron chi connectivity index (χ0n) is 20.1. The van der Waals surface area contributed by atoms with E-state index in [1.54, 1.807) is 0 Å². The van der Waals surface area contributed by atoms with E-state index in [-0.39, 0.29) is 11.2 Å². The second kappa shape index (κ2) is 7.65. The average Bonchev–Trinajstić information content (AvgIpc) is 2.78. The molecule has 0 saturated carbocycles. The van der Waals surface area contributed by atoms with Gasteiger partial charge in [0.15, 0.2) is 5.78 Å². The van der Waals surface area contributed by atoms with E-state index >= 15 is 0 Å². The summed E-state index contributed by atoms with van der Waals surface area (Å²) in [4.78, 5) is 22.9. The molecule has 4 heteroatoms. The second-order valence-electron chi connectivity index (χ2n) is 10.2. The lowest BCUT2D eigenvalue weighted by Gasteiger charge is -2.46. The highest BCUT2D eigenvalue weighted by Crippen LogP contribution is 2.54. The Hall–Kier alpha value is -3.27. The van der Waals surface area contributed by atoms with Crippen LogP contribution in [0.3, 0.4) is 0 Å². The molecule has 0 bridgehead atoms. The fourth-order valence-electron chi connectivity index (χ4n) is 5.83. The highest BCUT2D eigenvalue weighted by atomic mass is 16.1. The second-order valence-corrected chi connectivity index (χ2v) is 10.2. The van der Waals surface area contributed by atoms with E-state index in [0.717, 1.165) is 52.3 Å². The summed E-state index contributed by atoms with van der Waals surface area (Å²) >= 11 is 0. The Labute approximate surface area is 196 Å². The summed E-state index contributed by atoms with van der Waals surface area (Å²) in [5.74, 6) is 1.11. The third-order valence-corrected chi connectivity index (χ3v) is 7.49. The summed E-state index contributed by atoms with van der Waals surface area (Å²) in [5.41, 5.74) is 8.14. The van der Waals surface area contributed by atoms with E-state index < -0.39 is 5.41 Å². The van der Waals surface area contributed by atoms with Crippen molar-refractivity contribution in [1.82, 2.24) is 9.97 Å². The van der Waals surface area contributed by atoms with Gasteiger partial charge < -0.3 is 5.32 Å². The van der Waals surface area contributed by atoms with E-state index in [9.17, 15) is 4.79 Å². The smallest absolute Gasteiger partial charge is 0.162 e. The van der Waals surface area contributed by atoms with E-state index in [1.165, 1.54) is 11.1 Å². The summed E-state index contributed by atoms with van der Waals surface area (Å²) in [6.07, 6.45) is 5.89. The minimum Gasteiger partial charge on any atom is -0.343 e. The Morgan fingerprint density at radius 3 is 2.61 bits per heavy atom. The van der Waals surface area contributed by atoms with Crippen LogP contribution in [0.1, 0.15) is 62.4 Å². The van der Waals surface area contributed by atoms with Crippen molar-refractivity contribution in [2.45, 2.75) is 59.3 Å². The van der Waals surface area contributed by atoms with Crippen LogP contribution in [0.4, 0.5) is 5.82 Å². The fraction of sp³-hybridized carbons (Fsp3) is 0.345. The highest BCUT2D eigenvalue weighted by Gasteiger charge is 2.49. The van der Waals surface area contributed by atoms with E-state index in [1.807, 2.05) is 25.4 Å². The van der Waals surface area contributed by atoms with Crippen LogP contribution in [0.15, 0.2) is 66.1 Å². The summed E-state index contributed by atoms with van der Waals surface area (Å²) in [5, 5.41) is 3.55. The molecule has 2 aromatic heterocycles. The SMILES string of the molecule is CC[C@@]1(c2cccc(-c3ccnc(C)c3C)c2)C2=C(CC(C)(C)CC2=O)Nc2ncccc21. The number of Topliss-reactive ketones (excluding diaryl/α,β-unsaturated/α-hetero) is 1. The number of fused-ring (bicyclic) bond motifs is 1. The Bertz CT molecular complexity index is 1300. The molecular formula is C29H31N3O. The molecule has 4 nitrogen and oxygen atoms in total. The maximum absolute atomic E-state index is 13.7. The Morgan fingerprint density at radius 1 is 1.00 bits per heavy atom. The van der Waals surface area contributed by atoms with Crippen molar-refractivity contribution in [3.05, 3.63) is 88.5 Å². The van der Waals surface area contributed by atoms with E-state index in [0.29, 0.717) is 6.42 Å². The van der Waals surface area contributed by atoms with Crippen molar-refractivity contribution < 1.29 is 4.79 Å². The van der Waals surface area contributed by atoms with Crippen LogP contribution in [0.5, 0.6) is 0 Å². The molecule has 1 atom stereocenters. The van der Waals surface area contributed by atoms with Gasteiger partial charge in [0.2, 0.25) is 0 Å². The van der Waals surface area contributed by atoms with Gasteiger partial charge in [-0.15, -0.1) is 0 Å². The predicted octanol–water partition coefficient (Wildman–Crippen LogP) is 6.53. The number of carbonyl (C=O) groups excluding carboxylic acids is 1. The number of allylic oxidation sites excluding steroid dienone is 2. The molecule has 1 aromatic carbocycles. The van der Waals surface area contributed by atoms with Crippen molar-refractivity contribution in [3.8, 4) is 11.1 Å². The first-order valence-corrected chi connectivity index (χ1v) is 11.8. The Kier molecular flexibility index (Phi) is 5.00. The minimum atomic E-state index is -0.524. The first-order chi connectivity index (χ1) is 15.8. The molecule has 0 saturated heterocycles. The number of rotatable bonds is 3. The van der Waals surface area contributed by atoms with Crippen molar-refractivity contribution in [2.24, 2.45) is 5.41 Å². The van der Waals surface area contributed by atoms with Gasteiger partial charge in [0.05, 0.1) is 5.41 Å². The Balaban J connectivity index is 1.79. The van der Waals surface area contributed by atoms with Gasteiger partial charge in [-0.05, 0) is 72.6 Å². The van der Waals surface area contributed by atoms with Crippen molar-refractivity contribution >= 4 is 11.6 Å². The molecular weight excluding hydrogens is 406 g/mol. The quantitative estimate of drug-likeness (QED) is 0.506.